The third-order valence-corrected chi connectivity index (χ3v) is 3.91. The Kier molecular flexibility index (Phi) is 1.77. The second-order valence-corrected chi connectivity index (χ2v) is 4.98. The Morgan fingerprint density at radius 3 is 2.75 bits per heavy atom. The molecular weight excluding hydrogens is 166 g/mol. The van der Waals surface area contributed by atoms with Crippen LogP contribution in [-0.2, 0) is 0 Å². The predicted molar refractivity (Wildman–Crippen MR) is 53.4 cm³/mol. The number of hydrogen-bond donors (Lipinski definition) is 1. The van der Waals surface area contributed by atoms with Crippen LogP contribution in [0.4, 0.5) is 0 Å². The van der Waals surface area contributed by atoms with Crippen molar-refractivity contribution in [3.05, 3.63) is 22.4 Å². The molecule has 2 atom stereocenters. The van der Waals surface area contributed by atoms with Crippen LogP contribution in [0.5, 0.6) is 0 Å². The lowest BCUT2D eigenvalue weighted by Crippen LogP contribution is -2.05. The van der Waals surface area contributed by atoms with Crippen molar-refractivity contribution in [2.45, 2.75) is 19.8 Å². The van der Waals surface area contributed by atoms with Crippen LogP contribution in [-0.4, -0.2) is 6.54 Å². The summed E-state index contributed by atoms with van der Waals surface area (Å²) in [6.07, 6.45) is 0. The van der Waals surface area contributed by atoms with Gasteiger partial charge in [0.15, 0.2) is 0 Å². The van der Waals surface area contributed by atoms with E-state index < -0.39 is 0 Å². The van der Waals surface area contributed by atoms with Crippen LogP contribution in [0.15, 0.2) is 16.8 Å². The van der Waals surface area contributed by atoms with E-state index in [2.05, 4.69) is 30.7 Å². The highest BCUT2D eigenvalue weighted by atomic mass is 32.1. The first-order chi connectivity index (χ1) is 5.68. The van der Waals surface area contributed by atoms with Gasteiger partial charge in [0.25, 0.3) is 0 Å². The molecular formula is C10H15NS. The number of thiophene rings is 1. The third-order valence-electron chi connectivity index (χ3n) is 3.21. The van der Waals surface area contributed by atoms with E-state index in [0.29, 0.717) is 17.3 Å². The van der Waals surface area contributed by atoms with Crippen LogP contribution in [0.2, 0.25) is 0 Å². The summed E-state index contributed by atoms with van der Waals surface area (Å²) in [6.45, 7) is 5.45. The molecule has 0 aromatic carbocycles. The lowest BCUT2D eigenvalue weighted by Gasteiger charge is -1.98. The van der Waals surface area contributed by atoms with E-state index in [0.717, 1.165) is 6.54 Å². The van der Waals surface area contributed by atoms with Crippen molar-refractivity contribution in [1.82, 2.24) is 0 Å². The molecule has 0 radical (unpaired) electrons. The van der Waals surface area contributed by atoms with Gasteiger partial charge in [0.1, 0.15) is 0 Å². The first-order valence-corrected chi connectivity index (χ1v) is 5.34. The Morgan fingerprint density at radius 2 is 2.33 bits per heavy atom. The van der Waals surface area contributed by atoms with Crippen LogP contribution < -0.4 is 5.73 Å². The van der Waals surface area contributed by atoms with Gasteiger partial charge in [0.05, 0.1) is 0 Å². The van der Waals surface area contributed by atoms with Crippen LogP contribution in [0, 0.1) is 11.3 Å². The fourth-order valence-electron chi connectivity index (χ4n) is 2.30. The van der Waals surface area contributed by atoms with Gasteiger partial charge in [-0.2, -0.15) is 11.3 Å². The molecule has 1 aliphatic rings. The zero-order valence-corrected chi connectivity index (χ0v) is 8.40. The molecule has 1 fully saturated rings. The van der Waals surface area contributed by atoms with E-state index in [1.54, 1.807) is 11.3 Å². The maximum Gasteiger partial charge on any atom is -0.00375 e. The average Bonchev–Trinajstić information content (AvgIpc) is 2.50. The van der Waals surface area contributed by atoms with Gasteiger partial charge in [0, 0.05) is 0 Å². The van der Waals surface area contributed by atoms with Gasteiger partial charge in [-0.15, -0.1) is 0 Å². The molecule has 12 heavy (non-hydrogen) atoms. The molecule has 0 bridgehead atoms. The molecule has 1 aromatic rings. The Hall–Kier alpha value is -0.340. The number of nitrogens with two attached hydrogens (primary N) is 1. The summed E-state index contributed by atoms with van der Waals surface area (Å²) in [4.78, 5) is 0. The van der Waals surface area contributed by atoms with Crippen molar-refractivity contribution in [2.75, 3.05) is 6.54 Å². The van der Waals surface area contributed by atoms with Gasteiger partial charge >= 0.3 is 0 Å². The van der Waals surface area contributed by atoms with Gasteiger partial charge in [-0.05, 0) is 46.2 Å². The van der Waals surface area contributed by atoms with Crippen molar-refractivity contribution >= 4 is 11.3 Å². The molecule has 0 saturated heterocycles. The number of hydrogen-bond acceptors (Lipinski definition) is 2. The van der Waals surface area contributed by atoms with Crippen LogP contribution in [0.3, 0.4) is 0 Å². The maximum absolute atomic E-state index is 5.71. The summed E-state index contributed by atoms with van der Waals surface area (Å²) in [5.74, 6) is 1.42. The van der Waals surface area contributed by atoms with Gasteiger partial charge in [0.2, 0.25) is 0 Å². The maximum atomic E-state index is 5.71. The minimum Gasteiger partial charge on any atom is -0.330 e. The van der Waals surface area contributed by atoms with Crippen molar-refractivity contribution in [1.29, 1.82) is 0 Å². The van der Waals surface area contributed by atoms with Crippen molar-refractivity contribution in [3.63, 3.8) is 0 Å². The molecule has 1 aromatic heterocycles. The lowest BCUT2D eigenvalue weighted by molar-refractivity contribution is 0.559. The largest absolute Gasteiger partial charge is 0.330 e. The highest BCUT2D eigenvalue weighted by Crippen LogP contribution is 2.63. The minimum absolute atomic E-state index is 0.440. The molecule has 66 valence electrons. The third kappa shape index (κ3) is 1.02. The van der Waals surface area contributed by atoms with Crippen LogP contribution >= 0.6 is 11.3 Å². The summed E-state index contributed by atoms with van der Waals surface area (Å²) in [7, 11) is 0. The molecule has 0 spiro atoms. The molecule has 1 saturated carbocycles. The molecule has 2 heteroatoms. The smallest absolute Gasteiger partial charge is 0.00375 e. The fraction of sp³-hybridized carbons (Fsp3) is 0.600. The summed E-state index contributed by atoms with van der Waals surface area (Å²) < 4.78 is 0. The van der Waals surface area contributed by atoms with E-state index in [-0.39, 0.29) is 0 Å². The summed E-state index contributed by atoms with van der Waals surface area (Å²) in [5, 5.41) is 4.40. The topological polar surface area (TPSA) is 26.0 Å². The van der Waals surface area contributed by atoms with Gasteiger partial charge in [-0.3, -0.25) is 0 Å². The molecule has 0 amide bonds. The van der Waals surface area contributed by atoms with Gasteiger partial charge in [-0.1, -0.05) is 13.8 Å². The zero-order chi connectivity index (χ0) is 8.77. The molecule has 1 heterocycles. The Bertz CT molecular complexity index is 263. The Balaban J connectivity index is 2.19. The monoisotopic (exact) mass is 181 g/mol. The lowest BCUT2D eigenvalue weighted by atomic mass is 10.1. The molecule has 1 aliphatic carbocycles. The summed E-state index contributed by atoms with van der Waals surface area (Å²) in [5.41, 5.74) is 7.64. The van der Waals surface area contributed by atoms with E-state index in [1.165, 1.54) is 5.56 Å². The van der Waals surface area contributed by atoms with Crippen molar-refractivity contribution < 1.29 is 0 Å². The standard InChI is InChI=1S/C10H15NS/c1-10(2)8(5-11)9(10)7-3-4-12-6-7/h3-4,6,8-9H,5,11H2,1-2H3/t8-,9-/m0/s1. The quantitative estimate of drug-likeness (QED) is 0.745. The SMILES string of the molecule is CC1(C)[C@@H](CN)[C@@H]1c1ccsc1. The molecule has 1 nitrogen and oxygen atoms in total. The minimum atomic E-state index is 0.440. The average molecular weight is 181 g/mol. The first kappa shape index (κ1) is 8.27. The highest BCUT2D eigenvalue weighted by Gasteiger charge is 2.57. The van der Waals surface area contributed by atoms with E-state index in [1.807, 2.05) is 0 Å². The van der Waals surface area contributed by atoms with Gasteiger partial charge in [-0.25, -0.2) is 0 Å². The fourth-order valence-corrected chi connectivity index (χ4v) is 2.99. The van der Waals surface area contributed by atoms with Crippen molar-refractivity contribution in [2.24, 2.45) is 17.1 Å². The Labute approximate surface area is 77.6 Å². The summed E-state index contributed by atoms with van der Waals surface area (Å²) >= 11 is 1.78. The van der Waals surface area contributed by atoms with Crippen LogP contribution in [0.1, 0.15) is 25.3 Å². The van der Waals surface area contributed by atoms with E-state index in [4.69, 9.17) is 5.73 Å². The van der Waals surface area contributed by atoms with E-state index in [9.17, 15) is 0 Å². The van der Waals surface area contributed by atoms with Gasteiger partial charge < -0.3 is 5.73 Å². The van der Waals surface area contributed by atoms with Crippen LogP contribution in [0.25, 0.3) is 0 Å². The Morgan fingerprint density at radius 1 is 1.58 bits per heavy atom. The second kappa shape index (κ2) is 2.57. The normalized spacial score (nSPS) is 31.9. The molecule has 2 rings (SSSR count). The van der Waals surface area contributed by atoms with Crippen molar-refractivity contribution in [3.8, 4) is 0 Å². The molecule has 2 N–H and O–H groups in total. The zero-order valence-electron chi connectivity index (χ0n) is 7.58. The summed E-state index contributed by atoms with van der Waals surface area (Å²) in [6, 6.07) is 2.23. The first-order valence-electron chi connectivity index (χ1n) is 4.40. The molecule has 0 unspecified atom stereocenters. The second-order valence-electron chi connectivity index (χ2n) is 4.20. The van der Waals surface area contributed by atoms with E-state index >= 15 is 0 Å². The predicted octanol–water partition coefficient (Wildman–Crippen LogP) is 2.45. The highest BCUT2D eigenvalue weighted by molar-refractivity contribution is 7.08. The number of rotatable bonds is 2. The molecule has 0 aliphatic heterocycles.